The summed E-state index contributed by atoms with van der Waals surface area (Å²) in [7, 11) is 2.31. The summed E-state index contributed by atoms with van der Waals surface area (Å²) in [6.07, 6.45) is 0. The van der Waals surface area contributed by atoms with Gasteiger partial charge in [-0.15, -0.1) is 5.73 Å². The number of esters is 2. The van der Waals surface area contributed by atoms with Gasteiger partial charge in [0.1, 0.15) is 0 Å². The van der Waals surface area contributed by atoms with Crippen LogP contribution in [0.1, 0.15) is 0 Å². The molecule has 0 spiro atoms. The van der Waals surface area contributed by atoms with E-state index in [1.54, 1.807) is 0 Å². The van der Waals surface area contributed by atoms with Gasteiger partial charge in [0.15, 0.2) is 5.57 Å². The molecule has 0 fully saturated rings. The Labute approximate surface area is 64.1 Å². The van der Waals surface area contributed by atoms with Crippen LogP contribution in [0.5, 0.6) is 0 Å². The molecule has 0 N–H and O–H groups in total. The van der Waals surface area contributed by atoms with Crippen molar-refractivity contribution in [1.29, 1.82) is 0 Å². The molecule has 4 heteroatoms. The maximum absolute atomic E-state index is 10.7. The molecule has 11 heavy (non-hydrogen) atoms. The summed E-state index contributed by atoms with van der Waals surface area (Å²) >= 11 is 0. The van der Waals surface area contributed by atoms with Crippen LogP contribution in [0.25, 0.3) is 0 Å². The minimum absolute atomic E-state index is 0.324. The quantitative estimate of drug-likeness (QED) is 0.186. The third-order valence-electron chi connectivity index (χ3n) is 0.956. The van der Waals surface area contributed by atoms with Crippen molar-refractivity contribution in [2.24, 2.45) is 0 Å². The molecule has 0 aliphatic carbocycles. The van der Waals surface area contributed by atoms with Crippen LogP contribution in [0.3, 0.4) is 0 Å². The van der Waals surface area contributed by atoms with E-state index in [1.807, 2.05) is 0 Å². The fourth-order valence-corrected chi connectivity index (χ4v) is 0.432. The summed E-state index contributed by atoms with van der Waals surface area (Å²) in [5.74, 6) is -1.60. The minimum atomic E-state index is -0.799. The van der Waals surface area contributed by atoms with E-state index in [0.29, 0.717) is 0 Å². The first kappa shape index (κ1) is 9.46. The second-order valence-electron chi connectivity index (χ2n) is 1.53. The van der Waals surface area contributed by atoms with Gasteiger partial charge in [0.05, 0.1) is 14.2 Å². The second kappa shape index (κ2) is 4.30. The van der Waals surface area contributed by atoms with Gasteiger partial charge in [-0.1, -0.05) is 6.58 Å². The van der Waals surface area contributed by atoms with Crippen LogP contribution in [-0.4, -0.2) is 26.2 Å². The van der Waals surface area contributed by atoms with E-state index in [4.69, 9.17) is 0 Å². The molecule has 0 rings (SSSR count). The molecule has 60 valence electrons. The fraction of sp³-hybridized carbons (Fsp3) is 0.286. The number of carbonyl (C=O) groups excluding carboxylic acids is 2. The Morgan fingerprint density at radius 2 is 1.55 bits per heavy atom. The third kappa shape index (κ3) is 2.27. The summed E-state index contributed by atoms with van der Waals surface area (Å²) in [6.45, 7) is 3.14. The van der Waals surface area contributed by atoms with Gasteiger partial charge in [0, 0.05) is 0 Å². The van der Waals surface area contributed by atoms with Crippen molar-refractivity contribution in [3.8, 4) is 0 Å². The third-order valence-corrected chi connectivity index (χ3v) is 0.956. The summed E-state index contributed by atoms with van der Waals surface area (Å²) in [5.41, 5.74) is 1.80. The van der Waals surface area contributed by atoms with Crippen LogP contribution in [0.2, 0.25) is 0 Å². The van der Waals surface area contributed by atoms with Crippen molar-refractivity contribution in [3.63, 3.8) is 0 Å². The molecule has 0 aromatic carbocycles. The Kier molecular flexibility index (Phi) is 3.70. The molecular weight excluding hydrogens is 148 g/mol. The predicted octanol–water partition coefficient (Wildman–Crippen LogP) is 0.0437. The number of rotatable bonds is 2. The first-order chi connectivity index (χ1) is 5.17. The van der Waals surface area contributed by atoms with E-state index in [-0.39, 0.29) is 5.57 Å². The standard InChI is InChI=1S/C7H8O4/c1-4-5(6(8)10-2)7(9)11-3/h1H2,2-3H3. The maximum atomic E-state index is 10.7. The van der Waals surface area contributed by atoms with Gasteiger partial charge in [-0.05, 0) is 0 Å². The largest absolute Gasteiger partial charge is 0.465 e. The summed E-state index contributed by atoms with van der Waals surface area (Å²) in [6, 6.07) is 0. The molecule has 0 heterocycles. The Hall–Kier alpha value is -1.54. The highest BCUT2D eigenvalue weighted by atomic mass is 16.5. The van der Waals surface area contributed by atoms with Crippen molar-refractivity contribution in [2.75, 3.05) is 14.2 Å². The van der Waals surface area contributed by atoms with Crippen molar-refractivity contribution in [1.82, 2.24) is 0 Å². The number of methoxy groups -OCH3 is 2. The van der Waals surface area contributed by atoms with Gasteiger partial charge in [0.2, 0.25) is 0 Å². The molecule has 0 atom stereocenters. The molecule has 0 radical (unpaired) electrons. The second-order valence-corrected chi connectivity index (χ2v) is 1.53. The maximum Gasteiger partial charge on any atom is 0.353 e. The minimum Gasteiger partial charge on any atom is -0.465 e. The van der Waals surface area contributed by atoms with Gasteiger partial charge in [-0.2, -0.15) is 0 Å². The first-order valence-electron chi connectivity index (χ1n) is 2.74. The van der Waals surface area contributed by atoms with Gasteiger partial charge in [0.25, 0.3) is 0 Å². The molecule has 0 saturated carbocycles. The van der Waals surface area contributed by atoms with E-state index in [0.717, 1.165) is 14.2 Å². The normalized spacial score (nSPS) is 7.82. The van der Waals surface area contributed by atoms with E-state index in [2.05, 4.69) is 21.8 Å². The molecule has 0 aliphatic rings. The van der Waals surface area contributed by atoms with Crippen LogP contribution in [-0.2, 0) is 19.1 Å². The van der Waals surface area contributed by atoms with E-state index in [9.17, 15) is 9.59 Å². The highest BCUT2D eigenvalue weighted by molar-refractivity contribution is 6.13. The Balaban J connectivity index is 4.57. The molecule has 0 saturated heterocycles. The first-order valence-corrected chi connectivity index (χ1v) is 2.74. The number of hydrogen-bond donors (Lipinski definition) is 0. The molecule has 0 aromatic heterocycles. The molecule has 0 amide bonds. The zero-order chi connectivity index (χ0) is 8.85. The van der Waals surface area contributed by atoms with E-state index in [1.165, 1.54) is 0 Å². The lowest BCUT2D eigenvalue weighted by atomic mass is 10.3. The smallest absolute Gasteiger partial charge is 0.353 e. The van der Waals surface area contributed by atoms with Crippen molar-refractivity contribution < 1.29 is 19.1 Å². The van der Waals surface area contributed by atoms with Crippen LogP contribution in [0.4, 0.5) is 0 Å². The van der Waals surface area contributed by atoms with E-state index < -0.39 is 11.9 Å². The Morgan fingerprint density at radius 1 is 1.18 bits per heavy atom. The van der Waals surface area contributed by atoms with Crippen LogP contribution < -0.4 is 0 Å². The van der Waals surface area contributed by atoms with E-state index >= 15 is 0 Å². The average molecular weight is 156 g/mol. The molecule has 4 nitrogen and oxygen atoms in total. The molecule has 0 bridgehead atoms. The number of ether oxygens (including phenoxy) is 2. The lowest BCUT2D eigenvalue weighted by Crippen LogP contribution is -2.14. The lowest BCUT2D eigenvalue weighted by Gasteiger charge is -1.98. The lowest BCUT2D eigenvalue weighted by molar-refractivity contribution is -0.143. The van der Waals surface area contributed by atoms with Crippen LogP contribution in [0, 0.1) is 0 Å². The Morgan fingerprint density at radius 3 is 1.73 bits per heavy atom. The zero-order valence-corrected chi connectivity index (χ0v) is 6.34. The van der Waals surface area contributed by atoms with Crippen LogP contribution in [0.15, 0.2) is 17.9 Å². The van der Waals surface area contributed by atoms with Gasteiger partial charge < -0.3 is 9.47 Å². The average Bonchev–Trinajstić information content (AvgIpc) is 2.05. The highest BCUT2D eigenvalue weighted by Gasteiger charge is 2.18. The van der Waals surface area contributed by atoms with Crippen LogP contribution >= 0.6 is 0 Å². The molecular formula is C7H8O4. The monoisotopic (exact) mass is 156 g/mol. The number of hydrogen-bond acceptors (Lipinski definition) is 4. The molecule has 0 aliphatic heterocycles. The zero-order valence-electron chi connectivity index (χ0n) is 6.34. The number of carbonyl (C=O) groups is 2. The molecule has 0 aromatic rings. The van der Waals surface area contributed by atoms with Gasteiger partial charge in [-0.25, -0.2) is 9.59 Å². The van der Waals surface area contributed by atoms with Crippen molar-refractivity contribution in [2.45, 2.75) is 0 Å². The summed E-state index contributed by atoms with van der Waals surface area (Å²) < 4.78 is 8.49. The Bertz CT molecular complexity index is 205. The summed E-state index contributed by atoms with van der Waals surface area (Å²) in [5, 5.41) is 0. The SMILES string of the molecule is C=C=C(C(=O)OC)C(=O)OC. The fourth-order valence-electron chi connectivity index (χ4n) is 0.432. The van der Waals surface area contributed by atoms with Crippen molar-refractivity contribution in [3.05, 3.63) is 17.9 Å². The highest BCUT2D eigenvalue weighted by Crippen LogP contribution is 1.96. The predicted molar refractivity (Wildman–Crippen MR) is 36.7 cm³/mol. The topological polar surface area (TPSA) is 52.6 Å². The summed E-state index contributed by atoms with van der Waals surface area (Å²) in [4.78, 5) is 21.4. The van der Waals surface area contributed by atoms with Gasteiger partial charge in [-0.3, -0.25) is 0 Å². The molecule has 0 unspecified atom stereocenters. The van der Waals surface area contributed by atoms with Gasteiger partial charge >= 0.3 is 11.9 Å². The van der Waals surface area contributed by atoms with Crippen molar-refractivity contribution >= 4 is 11.9 Å².